The molecular formula is C22H20FN3O3. The second kappa shape index (κ2) is 6.22. The van der Waals surface area contributed by atoms with Crippen molar-refractivity contribution in [2.24, 2.45) is 11.8 Å². The van der Waals surface area contributed by atoms with Crippen LogP contribution in [0.3, 0.4) is 0 Å². The van der Waals surface area contributed by atoms with Crippen molar-refractivity contribution < 1.29 is 18.8 Å². The van der Waals surface area contributed by atoms with Gasteiger partial charge >= 0.3 is 0 Å². The first-order chi connectivity index (χ1) is 13.9. The summed E-state index contributed by atoms with van der Waals surface area (Å²) in [6.07, 6.45) is 0.546. The standard InChI is InChI=1S/C22H20FN3O3/c1-12-17-18(20(28)26(19(17)27)10-9-13-5-3-2-4-6-13)22(25-12)15-11-14(23)7-8-16(15)24-21(22)29/h2-8,11-12,17-18,25H,9-10H2,1H3,(H,24,29)/t12?,17-,18+,22?/m1/s1. The fourth-order valence-electron chi connectivity index (χ4n) is 5.10. The lowest BCUT2D eigenvalue weighted by Crippen LogP contribution is -2.53. The zero-order valence-electron chi connectivity index (χ0n) is 15.8. The molecule has 0 aromatic heterocycles. The molecule has 0 bridgehead atoms. The largest absolute Gasteiger partial charge is 0.324 e. The van der Waals surface area contributed by atoms with Gasteiger partial charge in [0.2, 0.25) is 17.7 Å². The molecule has 3 aliphatic heterocycles. The molecule has 0 saturated carbocycles. The van der Waals surface area contributed by atoms with Crippen molar-refractivity contribution in [3.63, 3.8) is 0 Å². The number of amides is 3. The lowest BCUT2D eigenvalue weighted by atomic mass is 9.76. The molecule has 2 fully saturated rings. The number of hydrogen-bond donors (Lipinski definition) is 2. The van der Waals surface area contributed by atoms with Crippen LogP contribution in [0, 0.1) is 17.7 Å². The van der Waals surface area contributed by atoms with Crippen LogP contribution in [0.25, 0.3) is 0 Å². The summed E-state index contributed by atoms with van der Waals surface area (Å²) in [7, 11) is 0. The fourth-order valence-corrected chi connectivity index (χ4v) is 5.10. The Morgan fingerprint density at radius 1 is 1.07 bits per heavy atom. The van der Waals surface area contributed by atoms with E-state index in [1.54, 1.807) is 6.92 Å². The minimum absolute atomic E-state index is 0.259. The maximum Gasteiger partial charge on any atom is 0.250 e. The van der Waals surface area contributed by atoms with Crippen LogP contribution in [-0.2, 0) is 26.3 Å². The van der Waals surface area contributed by atoms with Crippen molar-refractivity contribution in [3.8, 4) is 0 Å². The summed E-state index contributed by atoms with van der Waals surface area (Å²) >= 11 is 0. The molecule has 2 aromatic rings. The van der Waals surface area contributed by atoms with Gasteiger partial charge in [-0.15, -0.1) is 0 Å². The number of nitrogens with one attached hydrogen (secondary N) is 2. The highest BCUT2D eigenvalue weighted by molar-refractivity contribution is 6.15. The summed E-state index contributed by atoms with van der Waals surface area (Å²) in [6.45, 7) is 2.05. The Balaban J connectivity index is 1.52. The van der Waals surface area contributed by atoms with Gasteiger partial charge in [-0.1, -0.05) is 30.3 Å². The summed E-state index contributed by atoms with van der Waals surface area (Å²) in [5.74, 6) is -3.09. The molecule has 2 saturated heterocycles. The van der Waals surface area contributed by atoms with Gasteiger partial charge in [-0.05, 0) is 37.1 Å². The van der Waals surface area contributed by atoms with Gasteiger partial charge < -0.3 is 5.32 Å². The van der Waals surface area contributed by atoms with Gasteiger partial charge in [0.25, 0.3) is 0 Å². The molecule has 148 valence electrons. The van der Waals surface area contributed by atoms with Crippen LogP contribution in [0.5, 0.6) is 0 Å². The Bertz CT molecular complexity index is 1040. The Labute approximate surface area is 167 Å². The molecule has 0 aliphatic carbocycles. The summed E-state index contributed by atoms with van der Waals surface area (Å²) in [6, 6.07) is 13.3. The van der Waals surface area contributed by atoms with E-state index in [2.05, 4.69) is 10.6 Å². The van der Waals surface area contributed by atoms with Crippen molar-refractivity contribution >= 4 is 23.4 Å². The number of likely N-dealkylation sites (tertiary alicyclic amines) is 1. The first-order valence-electron chi connectivity index (χ1n) is 9.72. The van der Waals surface area contributed by atoms with Crippen molar-refractivity contribution in [1.82, 2.24) is 10.2 Å². The number of halogens is 1. The highest BCUT2D eigenvalue weighted by Gasteiger charge is 2.69. The molecule has 0 radical (unpaired) electrons. The van der Waals surface area contributed by atoms with Crippen LogP contribution in [0.4, 0.5) is 10.1 Å². The van der Waals surface area contributed by atoms with E-state index in [-0.39, 0.29) is 18.4 Å². The minimum atomic E-state index is -1.42. The van der Waals surface area contributed by atoms with Gasteiger partial charge in [0.1, 0.15) is 11.4 Å². The summed E-state index contributed by atoms with van der Waals surface area (Å²) in [4.78, 5) is 40.8. The van der Waals surface area contributed by atoms with Crippen LogP contribution in [0.2, 0.25) is 0 Å². The van der Waals surface area contributed by atoms with E-state index >= 15 is 0 Å². The van der Waals surface area contributed by atoms with E-state index in [1.807, 2.05) is 30.3 Å². The Morgan fingerprint density at radius 2 is 1.83 bits per heavy atom. The topological polar surface area (TPSA) is 78.5 Å². The zero-order valence-corrected chi connectivity index (χ0v) is 15.8. The molecule has 7 heteroatoms. The fraction of sp³-hybridized carbons (Fsp3) is 0.318. The molecule has 4 atom stereocenters. The Hall–Kier alpha value is -3.06. The Morgan fingerprint density at radius 3 is 2.59 bits per heavy atom. The van der Waals surface area contributed by atoms with Crippen molar-refractivity contribution in [2.45, 2.75) is 24.9 Å². The minimum Gasteiger partial charge on any atom is -0.324 e. The predicted molar refractivity (Wildman–Crippen MR) is 103 cm³/mol. The number of rotatable bonds is 3. The van der Waals surface area contributed by atoms with Gasteiger partial charge in [0.05, 0.1) is 11.8 Å². The van der Waals surface area contributed by atoms with Gasteiger partial charge in [-0.2, -0.15) is 0 Å². The lowest BCUT2D eigenvalue weighted by molar-refractivity contribution is -0.142. The molecule has 2 aromatic carbocycles. The molecule has 6 nitrogen and oxygen atoms in total. The third-order valence-corrected chi connectivity index (χ3v) is 6.38. The second-order valence-electron chi connectivity index (χ2n) is 7.95. The van der Waals surface area contributed by atoms with Crippen LogP contribution in [-0.4, -0.2) is 35.2 Å². The maximum atomic E-state index is 14.0. The monoisotopic (exact) mass is 393 g/mol. The molecule has 5 rings (SSSR count). The average molecular weight is 393 g/mol. The third kappa shape index (κ3) is 2.40. The number of carbonyl (C=O) groups is 3. The normalized spacial score (nSPS) is 30.1. The van der Waals surface area contributed by atoms with Gasteiger partial charge in [0, 0.05) is 23.8 Å². The van der Waals surface area contributed by atoms with Crippen LogP contribution < -0.4 is 10.6 Å². The molecular weight excluding hydrogens is 373 g/mol. The van der Waals surface area contributed by atoms with Gasteiger partial charge in [-0.25, -0.2) is 4.39 Å². The third-order valence-electron chi connectivity index (χ3n) is 6.38. The first kappa shape index (κ1) is 18.0. The lowest BCUT2D eigenvalue weighted by Gasteiger charge is -2.29. The van der Waals surface area contributed by atoms with E-state index in [0.717, 1.165) is 5.56 Å². The van der Waals surface area contributed by atoms with E-state index in [4.69, 9.17) is 0 Å². The van der Waals surface area contributed by atoms with E-state index in [0.29, 0.717) is 17.7 Å². The smallest absolute Gasteiger partial charge is 0.250 e. The number of carbonyl (C=O) groups excluding carboxylic acids is 3. The number of anilines is 1. The van der Waals surface area contributed by atoms with Crippen molar-refractivity contribution in [1.29, 1.82) is 0 Å². The van der Waals surface area contributed by atoms with Gasteiger partial charge in [0.15, 0.2) is 0 Å². The van der Waals surface area contributed by atoms with Crippen LogP contribution in [0.15, 0.2) is 48.5 Å². The molecule has 29 heavy (non-hydrogen) atoms. The van der Waals surface area contributed by atoms with E-state index in [1.165, 1.54) is 23.1 Å². The number of imide groups is 1. The number of benzene rings is 2. The molecule has 2 N–H and O–H groups in total. The van der Waals surface area contributed by atoms with Crippen molar-refractivity contribution in [2.75, 3.05) is 11.9 Å². The average Bonchev–Trinajstić information content (AvgIpc) is 3.26. The SMILES string of the molecule is CC1NC2(C(=O)Nc3ccc(F)cc32)[C@@H]2C(=O)N(CCc3ccccc3)C(=O)[C@H]12. The number of nitrogens with zero attached hydrogens (tertiary/aromatic N) is 1. The van der Waals surface area contributed by atoms with Crippen LogP contribution in [0.1, 0.15) is 18.1 Å². The predicted octanol–water partition coefficient (Wildman–Crippen LogP) is 1.81. The maximum absolute atomic E-state index is 14.0. The van der Waals surface area contributed by atoms with Crippen LogP contribution >= 0.6 is 0 Å². The molecule has 3 heterocycles. The second-order valence-corrected chi connectivity index (χ2v) is 7.95. The first-order valence-corrected chi connectivity index (χ1v) is 9.72. The summed E-state index contributed by atoms with van der Waals surface area (Å²) in [5.41, 5.74) is 0.472. The molecule has 3 aliphatic rings. The molecule has 1 spiro atoms. The summed E-state index contributed by atoms with van der Waals surface area (Å²) in [5, 5.41) is 5.92. The van der Waals surface area contributed by atoms with E-state index in [9.17, 15) is 18.8 Å². The zero-order chi connectivity index (χ0) is 20.3. The Kier molecular flexibility index (Phi) is 3.86. The number of fused-ring (bicyclic) bond motifs is 4. The quantitative estimate of drug-likeness (QED) is 0.780. The molecule has 3 amide bonds. The van der Waals surface area contributed by atoms with Crippen molar-refractivity contribution in [3.05, 3.63) is 65.5 Å². The molecule has 2 unspecified atom stereocenters. The van der Waals surface area contributed by atoms with E-state index < -0.39 is 35.1 Å². The number of hydrogen-bond acceptors (Lipinski definition) is 4. The van der Waals surface area contributed by atoms with Gasteiger partial charge in [-0.3, -0.25) is 24.6 Å². The highest BCUT2D eigenvalue weighted by Crippen LogP contribution is 2.52. The summed E-state index contributed by atoms with van der Waals surface area (Å²) < 4.78 is 14.0. The highest BCUT2D eigenvalue weighted by atomic mass is 19.1.